The fourth-order valence-electron chi connectivity index (χ4n) is 3.11. The van der Waals surface area contributed by atoms with Crippen molar-refractivity contribution in [1.29, 1.82) is 0 Å². The second kappa shape index (κ2) is 7.47. The lowest BCUT2D eigenvalue weighted by molar-refractivity contribution is -0.126. The first-order valence-corrected chi connectivity index (χ1v) is 8.38. The van der Waals surface area contributed by atoms with Crippen LogP contribution in [-0.4, -0.2) is 38.7 Å². The van der Waals surface area contributed by atoms with Crippen LogP contribution in [0.2, 0.25) is 0 Å². The molecule has 1 atom stereocenters. The highest BCUT2D eigenvalue weighted by Crippen LogP contribution is 2.31. The van der Waals surface area contributed by atoms with Gasteiger partial charge in [0.25, 0.3) is 5.91 Å². The van der Waals surface area contributed by atoms with Crippen LogP contribution in [-0.2, 0) is 16.0 Å². The van der Waals surface area contributed by atoms with E-state index in [2.05, 4.69) is 0 Å². The van der Waals surface area contributed by atoms with Crippen molar-refractivity contribution in [3.8, 4) is 11.5 Å². The number of carbonyl (C=O) groups excluding carboxylic acids is 2. The Morgan fingerprint density at radius 2 is 1.65 bits per heavy atom. The van der Waals surface area contributed by atoms with E-state index in [4.69, 9.17) is 14.2 Å². The molecule has 1 amide bonds. The standard InChI is InChI=1S/C20H21NO5/c1-13(19(22)21-12-11-14-7-4-5-8-15(14)21)26-20(23)18-16(24-2)9-6-10-17(18)25-3/h4-10,13H,11-12H2,1-3H3/t13-/m0/s1. The average molecular weight is 355 g/mol. The Balaban J connectivity index is 1.78. The second-order valence-corrected chi connectivity index (χ2v) is 5.95. The molecular formula is C20H21NO5. The van der Waals surface area contributed by atoms with Gasteiger partial charge in [-0.05, 0) is 37.1 Å². The maximum absolute atomic E-state index is 12.8. The van der Waals surface area contributed by atoms with Gasteiger partial charge in [-0.25, -0.2) is 4.79 Å². The number of anilines is 1. The van der Waals surface area contributed by atoms with E-state index in [1.165, 1.54) is 14.2 Å². The molecule has 0 aliphatic carbocycles. The lowest BCUT2D eigenvalue weighted by atomic mass is 10.1. The summed E-state index contributed by atoms with van der Waals surface area (Å²) in [6.07, 6.45) is -0.133. The van der Waals surface area contributed by atoms with Gasteiger partial charge in [0.1, 0.15) is 17.1 Å². The van der Waals surface area contributed by atoms with E-state index in [0.29, 0.717) is 18.0 Å². The van der Waals surface area contributed by atoms with Crippen LogP contribution < -0.4 is 14.4 Å². The van der Waals surface area contributed by atoms with Crippen LogP contribution >= 0.6 is 0 Å². The number of methoxy groups -OCH3 is 2. The number of hydrogen-bond acceptors (Lipinski definition) is 5. The van der Waals surface area contributed by atoms with Gasteiger partial charge in [-0.15, -0.1) is 0 Å². The number of hydrogen-bond donors (Lipinski definition) is 0. The predicted molar refractivity (Wildman–Crippen MR) is 96.9 cm³/mol. The third-order valence-electron chi connectivity index (χ3n) is 4.42. The zero-order valence-electron chi connectivity index (χ0n) is 15.0. The summed E-state index contributed by atoms with van der Waals surface area (Å²) < 4.78 is 15.9. The summed E-state index contributed by atoms with van der Waals surface area (Å²) in [6, 6.07) is 12.7. The van der Waals surface area contributed by atoms with Crippen LogP contribution in [0.5, 0.6) is 11.5 Å². The van der Waals surface area contributed by atoms with Crippen LogP contribution in [0.25, 0.3) is 0 Å². The van der Waals surface area contributed by atoms with Crippen LogP contribution in [0.1, 0.15) is 22.8 Å². The number of fused-ring (bicyclic) bond motifs is 1. The van der Waals surface area contributed by atoms with E-state index in [0.717, 1.165) is 17.7 Å². The van der Waals surface area contributed by atoms with Crippen molar-refractivity contribution in [3.63, 3.8) is 0 Å². The highest BCUT2D eigenvalue weighted by Gasteiger charge is 2.31. The number of amides is 1. The van der Waals surface area contributed by atoms with Crippen LogP contribution in [0.4, 0.5) is 5.69 Å². The zero-order valence-corrected chi connectivity index (χ0v) is 15.0. The second-order valence-electron chi connectivity index (χ2n) is 5.95. The SMILES string of the molecule is COc1cccc(OC)c1C(=O)O[C@@H](C)C(=O)N1CCc2ccccc21. The van der Waals surface area contributed by atoms with E-state index in [1.807, 2.05) is 24.3 Å². The minimum Gasteiger partial charge on any atom is -0.496 e. The molecular weight excluding hydrogens is 334 g/mol. The minimum atomic E-state index is -0.928. The summed E-state index contributed by atoms with van der Waals surface area (Å²) in [6.45, 7) is 2.15. The van der Waals surface area contributed by atoms with Gasteiger partial charge in [0.15, 0.2) is 6.10 Å². The first kappa shape index (κ1) is 17.8. The van der Waals surface area contributed by atoms with Gasteiger partial charge >= 0.3 is 5.97 Å². The average Bonchev–Trinajstić information content (AvgIpc) is 3.10. The minimum absolute atomic E-state index is 0.166. The van der Waals surface area contributed by atoms with E-state index in [1.54, 1.807) is 30.0 Å². The van der Waals surface area contributed by atoms with Gasteiger partial charge in [-0.2, -0.15) is 0 Å². The fourth-order valence-corrected chi connectivity index (χ4v) is 3.11. The van der Waals surface area contributed by atoms with Crippen molar-refractivity contribution in [2.45, 2.75) is 19.4 Å². The normalized spacial score (nSPS) is 13.7. The Hall–Kier alpha value is -3.02. The highest BCUT2D eigenvalue weighted by atomic mass is 16.6. The van der Waals surface area contributed by atoms with Crippen molar-refractivity contribution in [1.82, 2.24) is 0 Å². The number of benzene rings is 2. The van der Waals surface area contributed by atoms with Gasteiger partial charge in [-0.1, -0.05) is 24.3 Å². The Morgan fingerprint density at radius 3 is 2.31 bits per heavy atom. The molecule has 3 rings (SSSR count). The molecule has 2 aromatic rings. The third kappa shape index (κ3) is 3.22. The molecule has 0 radical (unpaired) electrons. The van der Waals surface area contributed by atoms with Crippen LogP contribution in [0.15, 0.2) is 42.5 Å². The summed E-state index contributed by atoms with van der Waals surface area (Å²) in [5.41, 5.74) is 2.15. The van der Waals surface area contributed by atoms with Gasteiger partial charge in [0.2, 0.25) is 0 Å². The first-order chi connectivity index (χ1) is 12.6. The number of esters is 1. The monoisotopic (exact) mass is 355 g/mol. The van der Waals surface area contributed by atoms with E-state index < -0.39 is 12.1 Å². The zero-order chi connectivity index (χ0) is 18.7. The molecule has 0 saturated carbocycles. The summed E-state index contributed by atoms with van der Waals surface area (Å²) >= 11 is 0. The van der Waals surface area contributed by atoms with Crippen molar-refractivity contribution in [2.75, 3.05) is 25.7 Å². The number of ether oxygens (including phenoxy) is 3. The van der Waals surface area contributed by atoms with Crippen molar-refractivity contribution in [2.24, 2.45) is 0 Å². The lowest BCUT2D eigenvalue weighted by Crippen LogP contribution is -2.39. The third-order valence-corrected chi connectivity index (χ3v) is 4.42. The summed E-state index contributed by atoms with van der Waals surface area (Å²) in [7, 11) is 2.92. The summed E-state index contributed by atoms with van der Waals surface area (Å²) in [5, 5.41) is 0. The number of carbonyl (C=O) groups is 2. The molecule has 0 bridgehead atoms. The molecule has 26 heavy (non-hydrogen) atoms. The molecule has 0 fully saturated rings. The lowest BCUT2D eigenvalue weighted by Gasteiger charge is -2.22. The van der Waals surface area contributed by atoms with E-state index in [-0.39, 0.29) is 11.5 Å². The molecule has 0 spiro atoms. The number of para-hydroxylation sites is 1. The maximum atomic E-state index is 12.8. The number of nitrogens with zero attached hydrogens (tertiary/aromatic N) is 1. The molecule has 1 heterocycles. The molecule has 6 heteroatoms. The van der Waals surface area contributed by atoms with Crippen molar-refractivity contribution < 1.29 is 23.8 Å². The van der Waals surface area contributed by atoms with E-state index in [9.17, 15) is 9.59 Å². The molecule has 0 N–H and O–H groups in total. The fraction of sp³-hybridized carbons (Fsp3) is 0.300. The summed E-state index contributed by atoms with van der Waals surface area (Å²) in [4.78, 5) is 27.1. The maximum Gasteiger partial charge on any atom is 0.346 e. The molecule has 0 aromatic heterocycles. The molecule has 1 aliphatic rings. The predicted octanol–water partition coefficient (Wildman–Crippen LogP) is 2.84. The Labute approximate surface area is 152 Å². The largest absolute Gasteiger partial charge is 0.496 e. The van der Waals surface area contributed by atoms with Gasteiger partial charge in [-0.3, -0.25) is 4.79 Å². The molecule has 0 unspecified atom stereocenters. The Kier molecular flexibility index (Phi) is 5.11. The molecule has 136 valence electrons. The summed E-state index contributed by atoms with van der Waals surface area (Å²) in [5.74, 6) is -0.245. The number of rotatable bonds is 5. The molecule has 1 aliphatic heterocycles. The topological polar surface area (TPSA) is 65.1 Å². The van der Waals surface area contributed by atoms with Crippen LogP contribution in [0.3, 0.4) is 0 Å². The quantitative estimate of drug-likeness (QED) is 0.772. The Morgan fingerprint density at radius 1 is 1.00 bits per heavy atom. The van der Waals surface area contributed by atoms with E-state index >= 15 is 0 Å². The van der Waals surface area contributed by atoms with Crippen LogP contribution in [0, 0.1) is 0 Å². The van der Waals surface area contributed by atoms with Crippen molar-refractivity contribution in [3.05, 3.63) is 53.6 Å². The smallest absolute Gasteiger partial charge is 0.346 e. The highest BCUT2D eigenvalue weighted by molar-refractivity contribution is 6.01. The van der Waals surface area contributed by atoms with Gasteiger partial charge in [0.05, 0.1) is 14.2 Å². The van der Waals surface area contributed by atoms with Gasteiger partial charge in [0, 0.05) is 12.2 Å². The molecule has 6 nitrogen and oxygen atoms in total. The van der Waals surface area contributed by atoms with Gasteiger partial charge < -0.3 is 19.1 Å². The molecule has 2 aromatic carbocycles. The van der Waals surface area contributed by atoms with Crippen molar-refractivity contribution >= 4 is 17.6 Å². The Bertz CT molecular complexity index is 810. The first-order valence-electron chi connectivity index (χ1n) is 8.38. The molecule has 0 saturated heterocycles.